The van der Waals surface area contributed by atoms with Crippen LogP contribution in [0, 0.1) is 12.7 Å². The molecule has 1 aliphatic heterocycles. The molecule has 3 aromatic rings. The predicted molar refractivity (Wildman–Crippen MR) is 89.9 cm³/mol. The maximum absolute atomic E-state index is 15.2. The Balaban J connectivity index is 1.55. The first-order chi connectivity index (χ1) is 12.0. The molecule has 1 atom stereocenters. The highest BCUT2D eigenvalue weighted by atomic mass is 19.1. The number of hydrogen-bond acceptors (Lipinski definition) is 4. The highest BCUT2D eigenvalue weighted by Gasteiger charge is 2.42. The molecule has 25 heavy (non-hydrogen) atoms. The quantitative estimate of drug-likeness (QED) is 0.734. The van der Waals surface area contributed by atoms with Crippen molar-refractivity contribution in [3.8, 4) is 5.82 Å². The standard InChI is InChI=1S/C18H17F2N5/c1-13-8-10-25(23-13)17-7-6-16(21-22-17)24-11-9-18(20,12-24)14-4-2-3-5-15(14)19/h2-8,10H,9,11-12H2,1H3. The first-order valence-corrected chi connectivity index (χ1v) is 8.10. The van der Waals surface area contributed by atoms with Crippen molar-refractivity contribution in [1.29, 1.82) is 0 Å². The van der Waals surface area contributed by atoms with Crippen molar-refractivity contribution in [2.24, 2.45) is 0 Å². The van der Waals surface area contributed by atoms with Crippen molar-refractivity contribution in [2.45, 2.75) is 19.0 Å². The van der Waals surface area contributed by atoms with Crippen LogP contribution >= 0.6 is 0 Å². The number of aryl methyl sites for hydroxylation is 1. The van der Waals surface area contributed by atoms with Gasteiger partial charge in [0.05, 0.1) is 12.2 Å². The number of aromatic nitrogens is 4. The van der Waals surface area contributed by atoms with E-state index in [1.54, 1.807) is 40.0 Å². The Morgan fingerprint density at radius 1 is 1.04 bits per heavy atom. The van der Waals surface area contributed by atoms with E-state index in [0.717, 1.165) is 5.69 Å². The van der Waals surface area contributed by atoms with E-state index in [9.17, 15) is 4.39 Å². The van der Waals surface area contributed by atoms with Gasteiger partial charge in [0.1, 0.15) is 5.82 Å². The van der Waals surface area contributed by atoms with Gasteiger partial charge in [0.2, 0.25) is 0 Å². The molecule has 2 aromatic heterocycles. The Bertz CT molecular complexity index is 892. The predicted octanol–water partition coefficient (Wildman–Crippen LogP) is 3.18. The molecule has 0 aliphatic carbocycles. The van der Waals surface area contributed by atoms with Crippen LogP contribution in [0.1, 0.15) is 17.7 Å². The second kappa shape index (κ2) is 5.91. The van der Waals surface area contributed by atoms with Gasteiger partial charge in [-0.15, -0.1) is 10.2 Å². The third-order valence-electron chi connectivity index (χ3n) is 4.49. The average Bonchev–Trinajstić information content (AvgIpc) is 3.22. The van der Waals surface area contributed by atoms with Crippen molar-refractivity contribution in [1.82, 2.24) is 20.0 Å². The summed E-state index contributed by atoms with van der Waals surface area (Å²) in [5.41, 5.74) is -0.725. The minimum atomic E-state index is -1.72. The van der Waals surface area contributed by atoms with E-state index in [1.807, 2.05) is 13.0 Å². The van der Waals surface area contributed by atoms with E-state index in [1.165, 1.54) is 12.1 Å². The lowest BCUT2D eigenvalue weighted by Crippen LogP contribution is -2.28. The van der Waals surface area contributed by atoms with Gasteiger partial charge >= 0.3 is 0 Å². The fourth-order valence-corrected chi connectivity index (χ4v) is 3.16. The summed E-state index contributed by atoms with van der Waals surface area (Å²) in [6, 6.07) is 11.5. The molecule has 0 amide bonds. The van der Waals surface area contributed by atoms with E-state index in [-0.39, 0.29) is 18.5 Å². The van der Waals surface area contributed by atoms with E-state index >= 15 is 4.39 Å². The maximum atomic E-state index is 15.2. The Labute approximate surface area is 143 Å². The zero-order valence-corrected chi connectivity index (χ0v) is 13.7. The first kappa shape index (κ1) is 15.7. The van der Waals surface area contributed by atoms with Crippen molar-refractivity contribution in [3.63, 3.8) is 0 Å². The van der Waals surface area contributed by atoms with Crippen LogP contribution in [0.2, 0.25) is 0 Å². The van der Waals surface area contributed by atoms with Crippen LogP contribution in [0.3, 0.4) is 0 Å². The minimum absolute atomic E-state index is 0.0584. The molecule has 1 aliphatic rings. The van der Waals surface area contributed by atoms with Crippen LogP contribution < -0.4 is 4.90 Å². The van der Waals surface area contributed by atoms with Crippen molar-refractivity contribution in [3.05, 3.63) is 65.7 Å². The number of halogens is 2. The maximum Gasteiger partial charge on any atom is 0.175 e. The van der Waals surface area contributed by atoms with Crippen molar-refractivity contribution in [2.75, 3.05) is 18.0 Å². The number of rotatable bonds is 3. The zero-order valence-electron chi connectivity index (χ0n) is 13.7. The molecule has 0 saturated carbocycles. The lowest BCUT2D eigenvalue weighted by atomic mass is 9.94. The highest BCUT2D eigenvalue weighted by molar-refractivity contribution is 5.43. The summed E-state index contributed by atoms with van der Waals surface area (Å²) in [7, 11) is 0. The third kappa shape index (κ3) is 2.86. The second-order valence-electron chi connectivity index (χ2n) is 6.27. The van der Waals surface area contributed by atoms with Gasteiger partial charge in [-0.2, -0.15) is 5.10 Å². The van der Waals surface area contributed by atoms with Crippen molar-refractivity contribution >= 4 is 5.82 Å². The number of alkyl halides is 1. The molecular formula is C18H17F2N5. The van der Waals surface area contributed by atoms with Crippen LogP contribution in [0.5, 0.6) is 0 Å². The molecular weight excluding hydrogens is 324 g/mol. The fourth-order valence-electron chi connectivity index (χ4n) is 3.16. The normalized spacial score (nSPS) is 20.2. The van der Waals surface area contributed by atoms with Gasteiger partial charge < -0.3 is 4.90 Å². The van der Waals surface area contributed by atoms with Crippen LogP contribution in [0.25, 0.3) is 5.82 Å². The summed E-state index contributed by atoms with van der Waals surface area (Å²) in [6.45, 7) is 2.41. The number of hydrogen-bond donors (Lipinski definition) is 0. The Kier molecular flexibility index (Phi) is 3.71. The monoisotopic (exact) mass is 341 g/mol. The Morgan fingerprint density at radius 3 is 2.48 bits per heavy atom. The molecule has 0 bridgehead atoms. The molecule has 3 heterocycles. The van der Waals surface area contributed by atoms with E-state index in [2.05, 4.69) is 15.3 Å². The largest absolute Gasteiger partial charge is 0.351 e. The average molecular weight is 341 g/mol. The van der Waals surface area contributed by atoms with Crippen LogP contribution in [0.15, 0.2) is 48.7 Å². The SMILES string of the molecule is Cc1ccn(-c2ccc(N3CCC(F)(c4ccccc4F)C3)nn2)n1. The molecule has 1 aromatic carbocycles. The molecule has 1 saturated heterocycles. The van der Waals surface area contributed by atoms with E-state index in [0.29, 0.717) is 18.2 Å². The molecule has 4 rings (SSSR count). The smallest absolute Gasteiger partial charge is 0.175 e. The molecule has 0 spiro atoms. The molecule has 7 heteroatoms. The molecule has 5 nitrogen and oxygen atoms in total. The first-order valence-electron chi connectivity index (χ1n) is 8.10. The second-order valence-corrected chi connectivity index (χ2v) is 6.27. The zero-order chi connectivity index (χ0) is 17.4. The third-order valence-corrected chi connectivity index (χ3v) is 4.49. The number of anilines is 1. The summed E-state index contributed by atoms with van der Waals surface area (Å²) < 4.78 is 30.8. The van der Waals surface area contributed by atoms with Gasteiger partial charge in [0.25, 0.3) is 0 Å². The minimum Gasteiger partial charge on any atom is -0.351 e. The Hall–Kier alpha value is -2.83. The molecule has 0 radical (unpaired) electrons. The van der Waals surface area contributed by atoms with Crippen LogP contribution in [0.4, 0.5) is 14.6 Å². The molecule has 128 valence electrons. The van der Waals surface area contributed by atoms with Gasteiger partial charge in [-0.3, -0.25) is 0 Å². The lowest BCUT2D eigenvalue weighted by molar-refractivity contribution is 0.189. The van der Waals surface area contributed by atoms with Crippen molar-refractivity contribution < 1.29 is 8.78 Å². The number of nitrogens with zero attached hydrogens (tertiary/aromatic N) is 5. The topological polar surface area (TPSA) is 46.8 Å². The summed E-state index contributed by atoms with van der Waals surface area (Å²) in [6.07, 6.45) is 2.02. The summed E-state index contributed by atoms with van der Waals surface area (Å²) in [5, 5.41) is 12.6. The fraction of sp³-hybridized carbons (Fsp3) is 0.278. The summed E-state index contributed by atoms with van der Waals surface area (Å²) in [5.74, 6) is 0.655. The van der Waals surface area contributed by atoms with Crippen LogP contribution in [-0.4, -0.2) is 33.1 Å². The van der Waals surface area contributed by atoms with Crippen LogP contribution in [-0.2, 0) is 5.67 Å². The lowest BCUT2D eigenvalue weighted by Gasteiger charge is -2.22. The highest BCUT2D eigenvalue weighted by Crippen LogP contribution is 2.38. The number of benzene rings is 1. The van der Waals surface area contributed by atoms with E-state index < -0.39 is 11.5 Å². The summed E-state index contributed by atoms with van der Waals surface area (Å²) >= 11 is 0. The Morgan fingerprint density at radius 2 is 1.80 bits per heavy atom. The summed E-state index contributed by atoms with van der Waals surface area (Å²) in [4.78, 5) is 1.79. The van der Waals surface area contributed by atoms with Gasteiger partial charge in [0, 0.05) is 24.7 Å². The van der Waals surface area contributed by atoms with Gasteiger partial charge in [-0.05, 0) is 31.2 Å². The van der Waals surface area contributed by atoms with Gasteiger partial charge in [0.15, 0.2) is 17.3 Å². The molecule has 1 unspecified atom stereocenters. The van der Waals surface area contributed by atoms with Gasteiger partial charge in [-0.25, -0.2) is 13.5 Å². The molecule has 1 fully saturated rings. The van der Waals surface area contributed by atoms with E-state index in [4.69, 9.17) is 0 Å². The van der Waals surface area contributed by atoms with Gasteiger partial charge in [-0.1, -0.05) is 18.2 Å². The molecule has 0 N–H and O–H groups in total.